The molecule has 4 nitrogen and oxygen atoms in total. The molecule has 0 aromatic heterocycles. The molecule has 0 aromatic rings. The number of carbonyl (C=O) groups is 2. The highest BCUT2D eigenvalue weighted by Gasteiger charge is 2.02. The first-order chi connectivity index (χ1) is 3.68. The predicted molar refractivity (Wildman–Crippen MR) is 27.9 cm³/mol. The van der Waals surface area contributed by atoms with Gasteiger partial charge >= 0.3 is 5.91 Å². The first-order valence-electron chi connectivity index (χ1n) is 2.16. The first-order valence-corrected chi connectivity index (χ1v) is 2.16. The quantitative estimate of drug-likeness (QED) is 0.353. The van der Waals surface area contributed by atoms with Crippen LogP contribution in [0.4, 0.5) is 0 Å². The molecule has 0 aliphatic heterocycles. The summed E-state index contributed by atoms with van der Waals surface area (Å²) < 4.78 is 0. The van der Waals surface area contributed by atoms with Crippen molar-refractivity contribution in [2.45, 2.75) is 6.92 Å². The Labute approximate surface area is 47.2 Å². The van der Waals surface area contributed by atoms with Crippen LogP contribution in [0.2, 0.25) is 0 Å². The fourth-order valence-corrected chi connectivity index (χ4v) is 0.202. The fourth-order valence-electron chi connectivity index (χ4n) is 0.202. The molecule has 0 saturated carbocycles. The van der Waals surface area contributed by atoms with E-state index in [1.54, 1.807) is 0 Å². The maximum atomic E-state index is 10.2. The molecular formula is C4H8N2O2. The minimum absolute atomic E-state index is 0.501. The number of Topliss-reactive ketones (excluding diaryl/α,β-unsaturated/α-hetero) is 1. The summed E-state index contributed by atoms with van der Waals surface area (Å²) in [6.45, 7) is 1.20. The Balaban J connectivity index is 3.49. The average Bonchev–Trinajstić information content (AvgIpc) is 1.67. The lowest BCUT2D eigenvalue weighted by Gasteiger charge is -1.95. The summed E-state index contributed by atoms with van der Waals surface area (Å²) in [5.41, 5.74) is 4.43. The normalized spacial score (nSPS) is 8.25. The van der Waals surface area contributed by atoms with Crippen molar-refractivity contribution < 1.29 is 9.59 Å². The van der Waals surface area contributed by atoms with Crippen LogP contribution in [0.25, 0.3) is 0 Å². The highest BCUT2D eigenvalue weighted by molar-refractivity contribution is 6.34. The molecule has 46 valence electrons. The fraction of sp³-hybridized carbons (Fsp3) is 0.500. The van der Waals surface area contributed by atoms with E-state index in [1.807, 2.05) is 0 Å². The number of carbonyl (C=O) groups excluding carboxylic acids is 2. The molecule has 4 heteroatoms. The van der Waals surface area contributed by atoms with E-state index >= 15 is 0 Å². The predicted octanol–water partition coefficient (Wildman–Crippen LogP) is -1.17. The Morgan fingerprint density at radius 1 is 1.38 bits per heavy atom. The zero-order valence-corrected chi connectivity index (χ0v) is 4.82. The number of ketones is 1. The van der Waals surface area contributed by atoms with E-state index < -0.39 is 11.7 Å². The molecule has 0 aliphatic carbocycles. The highest BCUT2D eigenvalue weighted by Crippen LogP contribution is 1.63. The van der Waals surface area contributed by atoms with Crippen LogP contribution in [0.1, 0.15) is 6.92 Å². The lowest BCUT2D eigenvalue weighted by Crippen LogP contribution is -2.37. The van der Waals surface area contributed by atoms with Crippen molar-refractivity contribution in [2.24, 2.45) is 0 Å². The molecule has 2 N–H and O–H groups in total. The Morgan fingerprint density at radius 3 is 2.00 bits per heavy atom. The monoisotopic (exact) mass is 116 g/mol. The number of hydrogen-bond acceptors (Lipinski definition) is 3. The van der Waals surface area contributed by atoms with Crippen LogP contribution in [-0.4, -0.2) is 18.7 Å². The van der Waals surface area contributed by atoms with Crippen molar-refractivity contribution >= 4 is 11.7 Å². The van der Waals surface area contributed by atoms with Gasteiger partial charge in [0.25, 0.3) is 0 Å². The molecule has 0 unspecified atom stereocenters. The molecule has 0 saturated heterocycles. The Morgan fingerprint density at radius 2 is 1.88 bits per heavy atom. The van der Waals surface area contributed by atoms with Crippen molar-refractivity contribution in [3.63, 3.8) is 0 Å². The summed E-state index contributed by atoms with van der Waals surface area (Å²) in [5.74, 6) is -1.12. The summed E-state index contributed by atoms with van der Waals surface area (Å²) in [5, 5.41) is 0. The van der Waals surface area contributed by atoms with E-state index in [2.05, 4.69) is 10.9 Å². The van der Waals surface area contributed by atoms with Crippen LogP contribution in [-0.2, 0) is 9.59 Å². The van der Waals surface area contributed by atoms with Gasteiger partial charge in [-0.15, -0.1) is 0 Å². The Kier molecular flexibility index (Phi) is 2.79. The second-order valence-corrected chi connectivity index (χ2v) is 1.26. The molecule has 0 aliphatic rings. The third-order valence-corrected chi connectivity index (χ3v) is 0.558. The standard InChI is InChI=1S/C4H8N2O2/c1-3(7)4(8)6-5-2/h5H,1-2H3,(H,6,8). The average molecular weight is 116 g/mol. The van der Waals surface area contributed by atoms with Gasteiger partial charge in [-0.2, -0.15) is 0 Å². The summed E-state index contributed by atoms with van der Waals surface area (Å²) in [6, 6.07) is 0. The molecule has 0 atom stereocenters. The summed E-state index contributed by atoms with van der Waals surface area (Å²) in [4.78, 5) is 20.3. The van der Waals surface area contributed by atoms with E-state index in [0.29, 0.717) is 0 Å². The van der Waals surface area contributed by atoms with Crippen LogP contribution in [0.3, 0.4) is 0 Å². The van der Waals surface area contributed by atoms with E-state index in [9.17, 15) is 9.59 Å². The Hall–Kier alpha value is -0.900. The molecule has 8 heavy (non-hydrogen) atoms. The minimum Gasteiger partial charge on any atom is -0.289 e. The van der Waals surface area contributed by atoms with Gasteiger partial charge in [0.2, 0.25) is 5.78 Å². The second-order valence-electron chi connectivity index (χ2n) is 1.26. The van der Waals surface area contributed by atoms with Crippen molar-refractivity contribution in [3.05, 3.63) is 0 Å². The van der Waals surface area contributed by atoms with E-state index in [-0.39, 0.29) is 0 Å². The number of rotatable bonds is 2. The van der Waals surface area contributed by atoms with Crippen LogP contribution >= 0.6 is 0 Å². The zero-order chi connectivity index (χ0) is 6.57. The van der Waals surface area contributed by atoms with E-state index in [1.165, 1.54) is 14.0 Å². The number of hydrazine groups is 1. The van der Waals surface area contributed by atoms with Gasteiger partial charge in [0.15, 0.2) is 0 Å². The maximum Gasteiger partial charge on any atom is 0.301 e. The number of nitrogens with one attached hydrogen (secondary N) is 2. The minimum atomic E-state index is -0.618. The van der Waals surface area contributed by atoms with Crippen LogP contribution in [0, 0.1) is 0 Å². The van der Waals surface area contributed by atoms with Crippen LogP contribution in [0.5, 0.6) is 0 Å². The third kappa shape index (κ3) is 2.30. The molecule has 0 rings (SSSR count). The van der Waals surface area contributed by atoms with Gasteiger partial charge in [-0.25, -0.2) is 5.43 Å². The van der Waals surface area contributed by atoms with Gasteiger partial charge < -0.3 is 0 Å². The second kappa shape index (κ2) is 3.15. The van der Waals surface area contributed by atoms with Crippen molar-refractivity contribution in [3.8, 4) is 0 Å². The van der Waals surface area contributed by atoms with Gasteiger partial charge in [0, 0.05) is 14.0 Å². The number of hydrogen-bond donors (Lipinski definition) is 2. The molecule has 0 aromatic carbocycles. The molecule has 0 fully saturated rings. The van der Waals surface area contributed by atoms with Gasteiger partial charge in [0.1, 0.15) is 0 Å². The largest absolute Gasteiger partial charge is 0.301 e. The zero-order valence-electron chi connectivity index (χ0n) is 4.82. The lowest BCUT2D eigenvalue weighted by molar-refractivity contribution is -0.137. The van der Waals surface area contributed by atoms with E-state index in [4.69, 9.17) is 0 Å². The van der Waals surface area contributed by atoms with Gasteiger partial charge in [-0.1, -0.05) is 0 Å². The Bertz CT molecular complexity index is 111. The van der Waals surface area contributed by atoms with E-state index in [0.717, 1.165) is 0 Å². The number of amides is 1. The third-order valence-electron chi connectivity index (χ3n) is 0.558. The summed E-state index contributed by atoms with van der Waals surface area (Å²) in [6.07, 6.45) is 0. The molecule has 0 bridgehead atoms. The summed E-state index contributed by atoms with van der Waals surface area (Å²) in [7, 11) is 1.51. The molecule has 0 spiro atoms. The van der Waals surface area contributed by atoms with Crippen molar-refractivity contribution in [1.29, 1.82) is 0 Å². The molecule has 0 radical (unpaired) electrons. The SMILES string of the molecule is CNNC(=O)C(C)=O. The molecule has 0 heterocycles. The summed E-state index contributed by atoms with van der Waals surface area (Å²) >= 11 is 0. The first kappa shape index (κ1) is 7.10. The van der Waals surface area contributed by atoms with Crippen molar-refractivity contribution in [2.75, 3.05) is 7.05 Å². The van der Waals surface area contributed by atoms with Crippen molar-refractivity contribution in [1.82, 2.24) is 10.9 Å². The van der Waals surface area contributed by atoms with Gasteiger partial charge in [-0.05, 0) is 0 Å². The van der Waals surface area contributed by atoms with Gasteiger partial charge in [0.05, 0.1) is 0 Å². The maximum absolute atomic E-state index is 10.2. The molecule has 1 amide bonds. The topological polar surface area (TPSA) is 58.2 Å². The highest BCUT2D eigenvalue weighted by atomic mass is 16.2. The van der Waals surface area contributed by atoms with Gasteiger partial charge in [-0.3, -0.25) is 15.0 Å². The lowest BCUT2D eigenvalue weighted by atomic mass is 10.4. The molecular weight excluding hydrogens is 108 g/mol. The smallest absolute Gasteiger partial charge is 0.289 e. The van der Waals surface area contributed by atoms with Crippen LogP contribution < -0.4 is 10.9 Å². The van der Waals surface area contributed by atoms with Crippen LogP contribution in [0.15, 0.2) is 0 Å².